The van der Waals surface area contributed by atoms with Gasteiger partial charge in [0.15, 0.2) is 0 Å². The summed E-state index contributed by atoms with van der Waals surface area (Å²) in [6, 6.07) is 0. The SMILES string of the molecule is CCn1cncc1CNCC(C)CCO. The van der Waals surface area contributed by atoms with E-state index in [-0.39, 0.29) is 6.61 Å². The van der Waals surface area contributed by atoms with E-state index in [1.165, 1.54) is 5.69 Å². The molecule has 0 saturated carbocycles. The van der Waals surface area contributed by atoms with E-state index in [1.807, 2.05) is 12.5 Å². The second-order valence-electron chi connectivity index (χ2n) is 3.92. The number of hydrogen-bond acceptors (Lipinski definition) is 3. The molecule has 1 rings (SSSR count). The predicted octanol–water partition coefficient (Wildman–Crippen LogP) is 1.01. The molecule has 0 saturated heterocycles. The van der Waals surface area contributed by atoms with Crippen LogP contribution in [0, 0.1) is 5.92 Å². The zero-order valence-electron chi connectivity index (χ0n) is 9.61. The third-order valence-corrected chi connectivity index (χ3v) is 2.56. The molecule has 0 amide bonds. The molecule has 2 N–H and O–H groups in total. The summed E-state index contributed by atoms with van der Waals surface area (Å²) < 4.78 is 2.13. The predicted molar refractivity (Wildman–Crippen MR) is 60.5 cm³/mol. The smallest absolute Gasteiger partial charge is 0.0948 e. The molecular weight excluding hydrogens is 190 g/mol. The molecule has 4 nitrogen and oxygen atoms in total. The molecule has 0 aliphatic carbocycles. The van der Waals surface area contributed by atoms with Gasteiger partial charge in [0.1, 0.15) is 0 Å². The highest BCUT2D eigenvalue weighted by Crippen LogP contribution is 2.01. The lowest BCUT2D eigenvalue weighted by Crippen LogP contribution is -2.22. The number of rotatable bonds is 7. The Morgan fingerprint density at radius 1 is 1.60 bits per heavy atom. The molecule has 0 radical (unpaired) electrons. The van der Waals surface area contributed by atoms with Crippen molar-refractivity contribution in [2.24, 2.45) is 5.92 Å². The third kappa shape index (κ3) is 4.01. The fourth-order valence-corrected chi connectivity index (χ4v) is 1.55. The van der Waals surface area contributed by atoms with Crippen LogP contribution < -0.4 is 5.32 Å². The number of aromatic nitrogens is 2. The highest BCUT2D eigenvalue weighted by atomic mass is 16.3. The van der Waals surface area contributed by atoms with Crippen molar-refractivity contribution in [3.8, 4) is 0 Å². The van der Waals surface area contributed by atoms with Gasteiger partial charge in [-0.1, -0.05) is 6.92 Å². The van der Waals surface area contributed by atoms with Crippen LogP contribution in [0.4, 0.5) is 0 Å². The van der Waals surface area contributed by atoms with E-state index in [4.69, 9.17) is 5.11 Å². The maximum atomic E-state index is 8.76. The molecule has 15 heavy (non-hydrogen) atoms. The van der Waals surface area contributed by atoms with Crippen molar-refractivity contribution in [1.82, 2.24) is 14.9 Å². The summed E-state index contributed by atoms with van der Waals surface area (Å²) in [6.07, 6.45) is 4.61. The first-order valence-corrected chi connectivity index (χ1v) is 5.58. The van der Waals surface area contributed by atoms with E-state index in [2.05, 4.69) is 28.7 Å². The van der Waals surface area contributed by atoms with Gasteiger partial charge in [-0.15, -0.1) is 0 Å². The highest BCUT2D eigenvalue weighted by Gasteiger charge is 2.02. The number of aliphatic hydroxyl groups excluding tert-OH is 1. The lowest BCUT2D eigenvalue weighted by atomic mass is 10.1. The molecule has 1 aromatic heterocycles. The number of nitrogens with zero attached hydrogens (tertiary/aromatic N) is 2. The Kier molecular flexibility index (Phi) is 5.36. The van der Waals surface area contributed by atoms with Crippen LogP contribution in [0.1, 0.15) is 26.0 Å². The van der Waals surface area contributed by atoms with Crippen LogP contribution >= 0.6 is 0 Å². The summed E-state index contributed by atoms with van der Waals surface area (Å²) in [6.45, 7) is 7.28. The van der Waals surface area contributed by atoms with E-state index in [0.29, 0.717) is 5.92 Å². The number of aliphatic hydroxyl groups is 1. The van der Waals surface area contributed by atoms with E-state index >= 15 is 0 Å². The summed E-state index contributed by atoms with van der Waals surface area (Å²) in [5.74, 6) is 0.521. The Hall–Kier alpha value is -0.870. The van der Waals surface area contributed by atoms with Crippen LogP contribution in [-0.4, -0.2) is 27.8 Å². The van der Waals surface area contributed by atoms with E-state index in [0.717, 1.165) is 26.1 Å². The van der Waals surface area contributed by atoms with Crippen molar-refractivity contribution in [1.29, 1.82) is 0 Å². The third-order valence-electron chi connectivity index (χ3n) is 2.56. The minimum atomic E-state index is 0.274. The standard InChI is InChI=1S/C11H21N3O/c1-3-14-9-13-8-11(14)7-12-6-10(2)4-5-15/h8-10,12,15H,3-7H2,1-2H3. The zero-order chi connectivity index (χ0) is 11.1. The van der Waals surface area contributed by atoms with Crippen LogP contribution in [0.2, 0.25) is 0 Å². The quantitative estimate of drug-likeness (QED) is 0.707. The zero-order valence-corrected chi connectivity index (χ0v) is 9.61. The average molecular weight is 211 g/mol. The van der Waals surface area contributed by atoms with Gasteiger partial charge in [-0.3, -0.25) is 0 Å². The summed E-state index contributed by atoms with van der Waals surface area (Å²) in [5, 5.41) is 12.1. The lowest BCUT2D eigenvalue weighted by molar-refractivity contribution is 0.260. The fraction of sp³-hybridized carbons (Fsp3) is 0.727. The maximum absolute atomic E-state index is 8.76. The Bertz CT molecular complexity index is 273. The molecule has 1 aromatic rings. The first-order chi connectivity index (χ1) is 7.27. The van der Waals surface area contributed by atoms with Crippen LogP contribution in [0.5, 0.6) is 0 Å². The average Bonchev–Trinajstić information content (AvgIpc) is 2.66. The molecule has 0 bridgehead atoms. The molecule has 0 aliphatic rings. The number of imidazole rings is 1. The second-order valence-corrected chi connectivity index (χ2v) is 3.92. The molecule has 4 heteroatoms. The molecule has 0 spiro atoms. The first-order valence-electron chi connectivity index (χ1n) is 5.58. The summed E-state index contributed by atoms with van der Waals surface area (Å²) in [7, 11) is 0. The van der Waals surface area contributed by atoms with Crippen molar-refractivity contribution in [2.75, 3.05) is 13.2 Å². The van der Waals surface area contributed by atoms with Gasteiger partial charge in [0, 0.05) is 25.9 Å². The van der Waals surface area contributed by atoms with Gasteiger partial charge in [-0.2, -0.15) is 0 Å². The molecule has 0 aliphatic heterocycles. The number of hydrogen-bond donors (Lipinski definition) is 2. The normalized spacial score (nSPS) is 13.0. The monoisotopic (exact) mass is 211 g/mol. The molecule has 1 atom stereocenters. The molecular formula is C11H21N3O. The number of aryl methyl sites for hydroxylation is 1. The van der Waals surface area contributed by atoms with Gasteiger partial charge < -0.3 is 15.0 Å². The van der Waals surface area contributed by atoms with Crippen molar-refractivity contribution in [2.45, 2.75) is 33.4 Å². The van der Waals surface area contributed by atoms with Gasteiger partial charge in [0.25, 0.3) is 0 Å². The van der Waals surface area contributed by atoms with Crippen molar-refractivity contribution < 1.29 is 5.11 Å². The van der Waals surface area contributed by atoms with Gasteiger partial charge >= 0.3 is 0 Å². The minimum Gasteiger partial charge on any atom is -0.396 e. The second kappa shape index (κ2) is 6.58. The molecule has 1 unspecified atom stereocenters. The van der Waals surface area contributed by atoms with E-state index < -0.39 is 0 Å². The van der Waals surface area contributed by atoms with Gasteiger partial charge in [-0.05, 0) is 25.8 Å². The molecule has 1 heterocycles. The van der Waals surface area contributed by atoms with Gasteiger partial charge in [0.05, 0.1) is 12.0 Å². The van der Waals surface area contributed by atoms with Crippen LogP contribution in [-0.2, 0) is 13.1 Å². The Morgan fingerprint density at radius 3 is 3.07 bits per heavy atom. The highest BCUT2D eigenvalue weighted by molar-refractivity contribution is 4.97. The maximum Gasteiger partial charge on any atom is 0.0948 e. The van der Waals surface area contributed by atoms with E-state index in [1.54, 1.807) is 0 Å². The number of nitrogens with one attached hydrogen (secondary N) is 1. The molecule has 86 valence electrons. The minimum absolute atomic E-state index is 0.274. The fourth-order valence-electron chi connectivity index (χ4n) is 1.55. The van der Waals surface area contributed by atoms with E-state index in [9.17, 15) is 0 Å². The van der Waals surface area contributed by atoms with Crippen LogP contribution in [0.15, 0.2) is 12.5 Å². The Balaban J connectivity index is 2.25. The van der Waals surface area contributed by atoms with Crippen molar-refractivity contribution >= 4 is 0 Å². The Morgan fingerprint density at radius 2 is 2.40 bits per heavy atom. The van der Waals surface area contributed by atoms with Crippen molar-refractivity contribution in [3.05, 3.63) is 18.2 Å². The van der Waals surface area contributed by atoms with Crippen LogP contribution in [0.3, 0.4) is 0 Å². The van der Waals surface area contributed by atoms with Gasteiger partial charge in [0.2, 0.25) is 0 Å². The topological polar surface area (TPSA) is 50.1 Å². The van der Waals surface area contributed by atoms with Crippen LogP contribution in [0.25, 0.3) is 0 Å². The van der Waals surface area contributed by atoms with Crippen molar-refractivity contribution in [3.63, 3.8) is 0 Å². The summed E-state index contributed by atoms with van der Waals surface area (Å²) >= 11 is 0. The molecule has 0 fully saturated rings. The first kappa shape index (κ1) is 12.2. The summed E-state index contributed by atoms with van der Waals surface area (Å²) in [4.78, 5) is 4.11. The molecule has 0 aromatic carbocycles. The lowest BCUT2D eigenvalue weighted by Gasteiger charge is -2.11. The Labute approximate surface area is 91.3 Å². The van der Waals surface area contributed by atoms with Gasteiger partial charge in [-0.25, -0.2) is 4.98 Å². The summed E-state index contributed by atoms with van der Waals surface area (Å²) in [5.41, 5.74) is 1.22. The largest absolute Gasteiger partial charge is 0.396 e.